The van der Waals surface area contributed by atoms with Crippen molar-refractivity contribution in [2.45, 2.75) is 6.42 Å². The number of hydrogen-bond acceptors (Lipinski definition) is 5. The van der Waals surface area contributed by atoms with Crippen LogP contribution >= 0.6 is 11.6 Å². The molecular weight excluding hydrogens is 336 g/mol. The van der Waals surface area contributed by atoms with Gasteiger partial charge in [0.15, 0.2) is 0 Å². The maximum absolute atomic E-state index is 5.89. The van der Waals surface area contributed by atoms with Crippen molar-refractivity contribution < 1.29 is 4.74 Å². The summed E-state index contributed by atoms with van der Waals surface area (Å²) in [6, 6.07) is 17.4. The molecule has 0 atom stereocenters. The molecule has 6 heteroatoms. The van der Waals surface area contributed by atoms with E-state index in [-0.39, 0.29) is 0 Å². The van der Waals surface area contributed by atoms with Crippen LogP contribution in [0.3, 0.4) is 0 Å². The summed E-state index contributed by atoms with van der Waals surface area (Å²) in [7, 11) is 1.67. The number of hydrogen-bond donors (Lipinski definition) is 2. The van der Waals surface area contributed by atoms with Crippen LogP contribution in [0, 0.1) is 0 Å². The molecule has 2 N–H and O–H groups in total. The standard InChI is InChI=1S/C19H19ClN4O/c1-25-17-8-2-14(3-9-17)10-11-21-18-12-19(23-13-22-18)24-16-6-4-15(20)5-7-16/h2-9,12-13H,10-11H2,1H3,(H2,21,22,23,24). The van der Waals surface area contributed by atoms with Gasteiger partial charge in [0.25, 0.3) is 0 Å². The van der Waals surface area contributed by atoms with Crippen LogP contribution in [0.4, 0.5) is 17.3 Å². The first kappa shape index (κ1) is 17.0. The zero-order valence-corrected chi connectivity index (χ0v) is 14.6. The normalized spacial score (nSPS) is 10.3. The van der Waals surface area contributed by atoms with Crippen LogP contribution in [0.25, 0.3) is 0 Å². The fourth-order valence-electron chi connectivity index (χ4n) is 2.33. The van der Waals surface area contributed by atoms with Crippen molar-refractivity contribution in [2.24, 2.45) is 0 Å². The van der Waals surface area contributed by atoms with Gasteiger partial charge in [-0.25, -0.2) is 9.97 Å². The minimum Gasteiger partial charge on any atom is -0.497 e. The molecule has 0 bridgehead atoms. The molecule has 0 aliphatic rings. The SMILES string of the molecule is COc1ccc(CCNc2cc(Nc3ccc(Cl)cc3)ncn2)cc1. The Labute approximate surface area is 152 Å². The molecule has 1 heterocycles. The predicted molar refractivity (Wildman–Crippen MR) is 102 cm³/mol. The molecule has 0 radical (unpaired) electrons. The van der Waals surface area contributed by atoms with E-state index in [1.807, 2.05) is 42.5 Å². The number of aromatic nitrogens is 2. The quantitative estimate of drug-likeness (QED) is 0.652. The average molecular weight is 355 g/mol. The summed E-state index contributed by atoms with van der Waals surface area (Å²) in [6.07, 6.45) is 2.43. The largest absolute Gasteiger partial charge is 0.497 e. The monoisotopic (exact) mass is 354 g/mol. The summed E-state index contributed by atoms with van der Waals surface area (Å²) in [5.41, 5.74) is 2.16. The fraction of sp³-hybridized carbons (Fsp3) is 0.158. The summed E-state index contributed by atoms with van der Waals surface area (Å²) in [4.78, 5) is 8.48. The Balaban J connectivity index is 1.55. The van der Waals surface area contributed by atoms with Crippen molar-refractivity contribution >= 4 is 28.9 Å². The maximum Gasteiger partial charge on any atom is 0.135 e. The lowest BCUT2D eigenvalue weighted by atomic mass is 10.1. The van der Waals surface area contributed by atoms with Gasteiger partial charge in [-0.2, -0.15) is 0 Å². The smallest absolute Gasteiger partial charge is 0.135 e. The molecule has 5 nitrogen and oxygen atoms in total. The van der Waals surface area contributed by atoms with Gasteiger partial charge in [-0.05, 0) is 48.4 Å². The lowest BCUT2D eigenvalue weighted by Gasteiger charge is -2.09. The summed E-state index contributed by atoms with van der Waals surface area (Å²) in [5, 5.41) is 7.25. The van der Waals surface area contributed by atoms with Gasteiger partial charge < -0.3 is 15.4 Å². The molecule has 0 aliphatic carbocycles. The maximum atomic E-state index is 5.89. The van der Waals surface area contributed by atoms with Crippen LogP contribution in [0.5, 0.6) is 5.75 Å². The van der Waals surface area contributed by atoms with E-state index in [9.17, 15) is 0 Å². The van der Waals surface area contributed by atoms with E-state index in [2.05, 4.69) is 32.7 Å². The van der Waals surface area contributed by atoms with Crippen LogP contribution in [0.2, 0.25) is 5.02 Å². The lowest BCUT2D eigenvalue weighted by Crippen LogP contribution is -2.07. The molecular formula is C19H19ClN4O. The van der Waals surface area contributed by atoms with E-state index in [4.69, 9.17) is 16.3 Å². The fourth-order valence-corrected chi connectivity index (χ4v) is 2.46. The van der Waals surface area contributed by atoms with Crippen molar-refractivity contribution in [2.75, 3.05) is 24.3 Å². The zero-order chi connectivity index (χ0) is 17.5. The van der Waals surface area contributed by atoms with Gasteiger partial charge in [-0.15, -0.1) is 0 Å². The van der Waals surface area contributed by atoms with Gasteiger partial charge in [0.1, 0.15) is 23.7 Å². The van der Waals surface area contributed by atoms with E-state index < -0.39 is 0 Å². The Morgan fingerprint density at radius 3 is 2.40 bits per heavy atom. The molecule has 2 aromatic carbocycles. The topological polar surface area (TPSA) is 59.1 Å². The van der Waals surface area contributed by atoms with Crippen LogP contribution in [0.15, 0.2) is 60.9 Å². The highest BCUT2D eigenvalue weighted by atomic mass is 35.5. The van der Waals surface area contributed by atoms with Crippen LogP contribution in [0.1, 0.15) is 5.56 Å². The highest BCUT2D eigenvalue weighted by Crippen LogP contribution is 2.18. The van der Waals surface area contributed by atoms with Gasteiger partial charge in [0.2, 0.25) is 0 Å². The van der Waals surface area contributed by atoms with Crippen molar-refractivity contribution in [3.05, 3.63) is 71.5 Å². The number of nitrogens with one attached hydrogen (secondary N) is 2. The zero-order valence-electron chi connectivity index (χ0n) is 13.9. The third kappa shape index (κ3) is 5.09. The molecule has 25 heavy (non-hydrogen) atoms. The summed E-state index contributed by atoms with van der Waals surface area (Å²) in [6.45, 7) is 0.781. The number of anilines is 3. The Kier molecular flexibility index (Phi) is 5.69. The van der Waals surface area contributed by atoms with E-state index >= 15 is 0 Å². The average Bonchev–Trinajstić information content (AvgIpc) is 2.65. The van der Waals surface area contributed by atoms with E-state index in [1.54, 1.807) is 7.11 Å². The number of rotatable bonds is 7. The molecule has 0 unspecified atom stereocenters. The van der Waals surface area contributed by atoms with Crippen molar-refractivity contribution in [3.8, 4) is 5.75 Å². The highest BCUT2D eigenvalue weighted by molar-refractivity contribution is 6.30. The second-order valence-corrected chi connectivity index (χ2v) is 5.88. The molecule has 3 aromatic rings. The second-order valence-electron chi connectivity index (χ2n) is 5.45. The lowest BCUT2D eigenvalue weighted by molar-refractivity contribution is 0.414. The minimum atomic E-state index is 0.703. The number of nitrogens with zero attached hydrogens (tertiary/aromatic N) is 2. The molecule has 0 amide bonds. The Hall–Kier alpha value is -2.79. The molecule has 0 spiro atoms. The predicted octanol–water partition coefficient (Wildman–Crippen LogP) is 4.54. The van der Waals surface area contributed by atoms with E-state index in [1.165, 1.54) is 11.9 Å². The van der Waals surface area contributed by atoms with Gasteiger partial charge in [0.05, 0.1) is 7.11 Å². The Morgan fingerprint density at radius 2 is 1.68 bits per heavy atom. The highest BCUT2D eigenvalue weighted by Gasteiger charge is 2.01. The van der Waals surface area contributed by atoms with Crippen molar-refractivity contribution in [3.63, 3.8) is 0 Å². The first-order chi connectivity index (χ1) is 12.2. The van der Waals surface area contributed by atoms with Gasteiger partial charge in [-0.3, -0.25) is 0 Å². The third-order valence-corrected chi connectivity index (χ3v) is 3.91. The Bertz CT molecular complexity index is 806. The molecule has 3 rings (SSSR count). The summed E-state index contributed by atoms with van der Waals surface area (Å²) in [5.74, 6) is 2.37. The van der Waals surface area contributed by atoms with Crippen molar-refractivity contribution in [1.82, 2.24) is 9.97 Å². The minimum absolute atomic E-state index is 0.703. The van der Waals surface area contributed by atoms with Gasteiger partial charge >= 0.3 is 0 Å². The molecule has 0 saturated heterocycles. The van der Waals surface area contributed by atoms with Crippen molar-refractivity contribution in [1.29, 1.82) is 0 Å². The summed E-state index contributed by atoms with van der Waals surface area (Å²) >= 11 is 5.89. The van der Waals surface area contributed by atoms with Gasteiger partial charge in [-0.1, -0.05) is 23.7 Å². The molecule has 0 saturated carbocycles. The van der Waals surface area contributed by atoms with Crippen LogP contribution in [-0.4, -0.2) is 23.6 Å². The molecule has 128 valence electrons. The second kappa shape index (κ2) is 8.35. The molecule has 1 aromatic heterocycles. The van der Waals surface area contributed by atoms with Gasteiger partial charge in [0, 0.05) is 23.3 Å². The van der Waals surface area contributed by atoms with Crippen LogP contribution in [-0.2, 0) is 6.42 Å². The molecule has 0 aliphatic heterocycles. The number of ether oxygens (including phenoxy) is 1. The molecule has 0 fully saturated rings. The number of benzene rings is 2. The number of halogens is 1. The third-order valence-electron chi connectivity index (χ3n) is 3.66. The van der Waals surface area contributed by atoms with Crippen LogP contribution < -0.4 is 15.4 Å². The van der Waals surface area contributed by atoms with E-state index in [0.29, 0.717) is 5.02 Å². The summed E-state index contributed by atoms with van der Waals surface area (Å²) < 4.78 is 5.16. The first-order valence-corrected chi connectivity index (χ1v) is 8.32. The van der Waals surface area contributed by atoms with E-state index in [0.717, 1.165) is 36.0 Å². The number of methoxy groups -OCH3 is 1. The Morgan fingerprint density at radius 1 is 0.960 bits per heavy atom. The first-order valence-electron chi connectivity index (χ1n) is 7.94.